The number of rotatable bonds is 4. The van der Waals surface area contributed by atoms with Crippen molar-refractivity contribution in [3.63, 3.8) is 0 Å². The van der Waals surface area contributed by atoms with Crippen molar-refractivity contribution in [3.05, 3.63) is 91.0 Å². The van der Waals surface area contributed by atoms with Gasteiger partial charge < -0.3 is 0 Å². The standard InChI is InChI=1S/C21H22P.HI/c1-18(2)22(19-12-6-3-7-13-19,20-14-8-4-9-15-20)21-16-10-5-11-17-21;/h3-18H,1-2H3;1H/q+1;. The van der Waals surface area contributed by atoms with Crippen LogP contribution in [0.4, 0.5) is 0 Å². The minimum atomic E-state index is -1.63. The van der Waals surface area contributed by atoms with Crippen molar-refractivity contribution in [1.29, 1.82) is 0 Å². The molecule has 0 saturated carbocycles. The van der Waals surface area contributed by atoms with Crippen molar-refractivity contribution in [2.45, 2.75) is 19.5 Å². The van der Waals surface area contributed by atoms with Crippen molar-refractivity contribution >= 4 is 47.2 Å². The van der Waals surface area contributed by atoms with Gasteiger partial charge >= 0.3 is 0 Å². The van der Waals surface area contributed by atoms with Crippen LogP contribution in [0.5, 0.6) is 0 Å². The second-order valence-corrected chi connectivity index (χ2v) is 9.85. The molecule has 0 amide bonds. The van der Waals surface area contributed by atoms with E-state index in [1.54, 1.807) is 0 Å². The zero-order valence-electron chi connectivity index (χ0n) is 13.6. The first-order chi connectivity index (χ1) is 10.8. The van der Waals surface area contributed by atoms with Gasteiger partial charge in [-0.2, -0.15) is 0 Å². The number of hydrogen-bond donors (Lipinski definition) is 0. The lowest BCUT2D eigenvalue weighted by Crippen LogP contribution is -2.36. The predicted molar refractivity (Wildman–Crippen MR) is 116 cm³/mol. The third kappa shape index (κ3) is 3.36. The number of halogens is 1. The van der Waals surface area contributed by atoms with Crippen LogP contribution in [0.15, 0.2) is 91.0 Å². The molecule has 0 heterocycles. The van der Waals surface area contributed by atoms with Crippen LogP contribution in [0, 0.1) is 0 Å². The zero-order chi connectivity index (χ0) is 15.4. The quantitative estimate of drug-likeness (QED) is 0.401. The average Bonchev–Trinajstić information content (AvgIpc) is 2.58. The molecule has 0 aromatic heterocycles. The maximum Gasteiger partial charge on any atom is 0.114 e. The van der Waals surface area contributed by atoms with E-state index in [4.69, 9.17) is 0 Å². The molecule has 0 nitrogen and oxygen atoms in total. The first-order valence-corrected chi connectivity index (χ1v) is 9.67. The van der Waals surface area contributed by atoms with E-state index < -0.39 is 7.26 Å². The second-order valence-electron chi connectivity index (χ2n) is 5.82. The Labute approximate surface area is 157 Å². The van der Waals surface area contributed by atoms with Gasteiger partial charge in [0.1, 0.15) is 23.2 Å². The van der Waals surface area contributed by atoms with E-state index in [2.05, 4.69) is 105 Å². The minimum Gasteiger partial charge on any atom is -0.107 e. The average molecular weight is 433 g/mol. The molecule has 118 valence electrons. The second kappa shape index (κ2) is 8.08. The van der Waals surface area contributed by atoms with E-state index in [-0.39, 0.29) is 24.0 Å². The van der Waals surface area contributed by atoms with E-state index in [0.29, 0.717) is 5.66 Å². The summed E-state index contributed by atoms with van der Waals surface area (Å²) in [5.41, 5.74) is 0.555. The summed E-state index contributed by atoms with van der Waals surface area (Å²) in [5.74, 6) is 0. The summed E-state index contributed by atoms with van der Waals surface area (Å²) in [5, 5.41) is 4.38. The molecule has 23 heavy (non-hydrogen) atoms. The van der Waals surface area contributed by atoms with Gasteiger partial charge in [0, 0.05) is 0 Å². The smallest absolute Gasteiger partial charge is 0.107 e. The van der Waals surface area contributed by atoms with E-state index in [9.17, 15) is 0 Å². The topological polar surface area (TPSA) is 0 Å². The first-order valence-electron chi connectivity index (χ1n) is 7.82. The molecule has 3 rings (SSSR count). The predicted octanol–water partition coefficient (Wildman–Crippen LogP) is 5.01. The maximum absolute atomic E-state index is 2.36. The molecule has 3 aromatic carbocycles. The SMILES string of the molecule is CC(C)[P+](c1ccccc1)(c1ccccc1)c1ccccc1.I. The van der Waals surface area contributed by atoms with Crippen LogP contribution in [0.25, 0.3) is 0 Å². The fourth-order valence-corrected chi connectivity index (χ4v) is 7.94. The van der Waals surface area contributed by atoms with Gasteiger partial charge in [-0.3, -0.25) is 0 Å². The summed E-state index contributed by atoms with van der Waals surface area (Å²) in [4.78, 5) is 0. The molecule has 0 unspecified atom stereocenters. The summed E-state index contributed by atoms with van der Waals surface area (Å²) in [6.45, 7) is 4.72. The van der Waals surface area contributed by atoms with Gasteiger partial charge in [-0.05, 0) is 50.2 Å². The molecule has 0 aliphatic carbocycles. The van der Waals surface area contributed by atoms with Gasteiger partial charge in [0.05, 0.1) is 5.66 Å². The van der Waals surface area contributed by atoms with Crippen molar-refractivity contribution in [2.75, 3.05) is 0 Å². The molecular formula is C21H23IP+. The number of hydrogen-bond acceptors (Lipinski definition) is 0. The monoisotopic (exact) mass is 433 g/mol. The molecule has 0 aliphatic rings. The lowest BCUT2D eigenvalue weighted by atomic mass is 10.3. The Morgan fingerprint density at radius 1 is 0.522 bits per heavy atom. The summed E-state index contributed by atoms with van der Waals surface area (Å²) in [6.07, 6.45) is 0. The van der Waals surface area contributed by atoms with Gasteiger partial charge in [-0.25, -0.2) is 0 Å². The highest BCUT2D eigenvalue weighted by atomic mass is 127. The molecule has 0 atom stereocenters. The van der Waals surface area contributed by atoms with Crippen LogP contribution >= 0.6 is 31.2 Å². The Morgan fingerprint density at radius 2 is 0.783 bits per heavy atom. The van der Waals surface area contributed by atoms with Crippen LogP contribution < -0.4 is 15.9 Å². The van der Waals surface area contributed by atoms with Crippen LogP contribution in [0.2, 0.25) is 0 Å². The van der Waals surface area contributed by atoms with Crippen molar-refractivity contribution in [1.82, 2.24) is 0 Å². The largest absolute Gasteiger partial charge is 0.114 e. The molecule has 0 N–H and O–H groups in total. The van der Waals surface area contributed by atoms with Crippen LogP contribution in [0.3, 0.4) is 0 Å². The van der Waals surface area contributed by atoms with Gasteiger partial charge in [-0.15, -0.1) is 24.0 Å². The van der Waals surface area contributed by atoms with E-state index >= 15 is 0 Å². The van der Waals surface area contributed by atoms with Gasteiger partial charge in [0.15, 0.2) is 0 Å². The molecular weight excluding hydrogens is 410 g/mol. The maximum atomic E-state index is 2.36. The summed E-state index contributed by atoms with van der Waals surface area (Å²) >= 11 is 0. The Balaban J connectivity index is 0.00000192. The fraction of sp³-hybridized carbons (Fsp3) is 0.143. The minimum absolute atomic E-state index is 0. The molecule has 0 aliphatic heterocycles. The van der Waals surface area contributed by atoms with E-state index in [0.717, 1.165) is 0 Å². The molecule has 2 heteroatoms. The zero-order valence-corrected chi connectivity index (χ0v) is 16.8. The van der Waals surface area contributed by atoms with Gasteiger partial charge in [0.25, 0.3) is 0 Å². The van der Waals surface area contributed by atoms with E-state index in [1.165, 1.54) is 15.9 Å². The Kier molecular flexibility index (Phi) is 6.38. The molecule has 0 spiro atoms. The lowest BCUT2D eigenvalue weighted by molar-refractivity contribution is 1.09. The normalized spacial score (nSPS) is 11.1. The van der Waals surface area contributed by atoms with Crippen molar-refractivity contribution in [3.8, 4) is 0 Å². The highest BCUT2D eigenvalue weighted by Gasteiger charge is 2.48. The number of benzene rings is 3. The summed E-state index contributed by atoms with van der Waals surface area (Å²) in [6, 6.07) is 33.1. The first kappa shape index (κ1) is 18.2. The third-order valence-electron chi connectivity index (χ3n) is 4.26. The van der Waals surface area contributed by atoms with E-state index in [1.807, 2.05) is 0 Å². The van der Waals surface area contributed by atoms with Crippen LogP contribution in [-0.2, 0) is 0 Å². The highest BCUT2D eigenvalue weighted by molar-refractivity contribution is 14.0. The molecule has 3 aromatic rings. The molecule has 0 bridgehead atoms. The fourth-order valence-electron chi connectivity index (χ4n) is 3.33. The Hall–Kier alpha value is -1.18. The molecule has 0 radical (unpaired) electrons. The molecule has 0 saturated heterocycles. The highest BCUT2D eigenvalue weighted by Crippen LogP contribution is 2.59. The van der Waals surface area contributed by atoms with Crippen molar-refractivity contribution in [2.24, 2.45) is 0 Å². The van der Waals surface area contributed by atoms with Crippen LogP contribution in [-0.4, -0.2) is 5.66 Å². The van der Waals surface area contributed by atoms with Gasteiger partial charge in [0.2, 0.25) is 0 Å². The Morgan fingerprint density at radius 3 is 1.00 bits per heavy atom. The van der Waals surface area contributed by atoms with Crippen LogP contribution in [0.1, 0.15) is 13.8 Å². The summed E-state index contributed by atoms with van der Waals surface area (Å²) in [7, 11) is -1.63. The summed E-state index contributed by atoms with van der Waals surface area (Å²) < 4.78 is 0. The van der Waals surface area contributed by atoms with Gasteiger partial charge in [-0.1, -0.05) is 54.6 Å². The lowest BCUT2D eigenvalue weighted by Gasteiger charge is -2.31. The van der Waals surface area contributed by atoms with Crippen molar-refractivity contribution < 1.29 is 0 Å². The molecule has 0 fully saturated rings. The third-order valence-corrected chi connectivity index (χ3v) is 9.15. The Bertz CT molecular complexity index is 612.